The molecule has 0 amide bonds. The maximum Gasteiger partial charge on any atom is 0.341 e. The summed E-state index contributed by atoms with van der Waals surface area (Å²) < 4.78 is 7.14. The minimum atomic E-state index is -0.416. The minimum absolute atomic E-state index is 0.108. The van der Waals surface area contributed by atoms with Crippen LogP contribution in [-0.4, -0.2) is 39.6 Å². The Labute approximate surface area is 119 Å². The predicted molar refractivity (Wildman–Crippen MR) is 74.1 cm³/mol. The highest BCUT2D eigenvalue weighted by atomic mass is 32.2. The quantitative estimate of drug-likeness (QED) is 0.617. The van der Waals surface area contributed by atoms with E-state index in [1.54, 1.807) is 29.7 Å². The van der Waals surface area contributed by atoms with Gasteiger partial charge in [0.1, 0.15) is 17.8 Å². The zero-order chi connectivity index (χ0) is 13.7. The van der Waals surface area contributed by atoms with Crippen molar-refractivity contribution in [2.24, 2.45) is 0 Å². The molecule has 6 nitrogen and oxygen atoms in total. The van der Waals surface area contributed by atoms with Crippen molar-refractivity contribution in [2.75, 3.05) is 18.6 Å². The molecule has 0 aliphatic carbocycles. The van der Waals surface area contributed by atoms with Crippen molar-refractivity contribution < 1.29 is 9.53 Å². The van der Waals surface area contributed by atoms with Crippen molar-refractivity contribution in [3.8, 4) is 6.07 Å². The van der Waals surface area contributed by atoms with Crippen molar-refractivity contribution in [3.05, 3.63) is 16.1 Å². The molecule has 8 heteroatoms. The lowest BCUT2D eigenvalue weighted by atomic mass is 10.2. The summed E-state index contributed by atoms with van der Waals surface area (Å²) in [6.45, 7) is 0.108. The van der Waals surface area contributed by atoms with Crippen LogP contribution in [0.4, 0.5) is 0 Å². The summed E-state index contributed by atoms with van der Waals surface area (Å²) in [4.78, 5) is 11.9. The lowest BCUT2D eigenvalue weighted by Crippen LogP contribution is -2.08. The lowest BCUT2D eigenvalue weighted by Gasteiger charge is -2.15. The number of nitriles is 1. The largest absolute Gasteiger partial charge is 0.465 e. The van der Waals surface area contributed by atoms with E-state index in [0.717, 1.165) is 22.2 Å². The van der Waals surface area contributed by atoms with Gasteiger partial charge in [0.25, 0.3) is 0 Å². The SMILES string of the molecule is COC(=O)C(=C1SCCCS1)c1cn(CC#N)nn1. The van der Waals surface area contributed by atoms with Crippen LogP contribution in [0.25, 0.3) is 5.57 Å². The third kappa shape index (κ3) is 3.30. The van der Waals surface area contributed by atoms with Gasteiger partial charge in [-0.1, -0.05) is 5.21 Å². The zero-order valence-electron chi connectivity index (χ0n) is 10.3. The summed E-state index contributed by atoms with van der Waals surface area (Å²) in [7, 11) is 1.35. The van der Waals surface area contributed by atoms with Gasteiger partial charge in [-0.2, -0.15) is 5.26 Å². The number of carbonyl (C=O) groups excluding carboxylic acids is 1. The van der Waals surface area contributed by atoms with Crippen LogP contribution in [0.3, 0.4) is 0 Å². The molecule has 100 valence electrons. The van der Waals surface area contributed by atoms with Crippen LogP contribution in [0.1, 0.15) is 12.1 Å². The molecule has 0 radical (unpaired) electrons. The van der Waals surface area contributed by atoms with Crippen LogP contribution >= 0.6 is 23.5 Å². The van der Waals surface area contributed by atoms with Gasteiger partial charge in [0.15, 0.2) is 0 Å². The summed E-state index contributed by atoms with van der Waals surface area (Å²) in [5, 5.41) is 16.4. The van der Waals surface area contributed by atoms with E-state index in [0.29, 0.717) is 11.3 Å². The number of hydrogen-bond acceptors (Lipinski definition) is 7. The minimum Gasteiger partial charge on any atom is -0.465 e. The first-order chi connectivity index (χ1) is 9.26. The van der Waals surface area contributed by atoms with Gasteiger partial charge >= 0.3 is 5.97 Å². The van der Waals surface area contributed by atoms with Crippen molar-refractivity contribution in [1.82, 2.24) is 15.0 Å². The van der Waals surface area contributed by atoms with Crippen LogP contribution in [0.2, 0.25) is 0 Å². The second kappa shape index (κ2) is 6.63. The number of carbonyl (C=O) groups is 1. The average Bonchev–Trinajstić information content (AvgIpc) is 2.89. The number of hydrogen-bond donors (Lipinski definition) is 0. The van der Waals surface area contributed by atoms with Crippen LogP contribution in [0.15, 0.2) is 10.4 Å². The maximum atomic E-state index is 11.9. The number of ether oxygens (including phenoxy) is 1. The Morgan fingerprint density at radius 1 is 1.58 bits per heavy atom. The monoisotopic (exact) mass is 296 g/mol. The highest BCUT2D eigenvalue weighted by molar-refractivity contribution is 8.23. The van der Waals surface area contributed by atoms with Gasteiger partial charge in [-0.25, -0.2) is 9.48 Å². The first-order valence-electron chi connectivity index (χ1n) is 5.62. The molecule has 0 atom stereocenters. The molecule has 1 aliphatic heterocycles. The molecule has 2 heterocycles. The third-order valence-corrected chi connectivity index (χ3v) is 5.00. The molecule has 1 aromatic rings. The predicted octanol–water partition coefficient (Wildman–Crippen LogP) is 1.51. The van der Waals surface area contributed by atoms with E-state index in [2.05, 4.69) is 10.3 Å². The summed E-state index contributed by atoms with van der Waals surface area (Å²) in [5.41, 5.74) is 0.903. The van der Waals surface area contributed by atoms with Gasteiger partial charge in [0.05, 0.1) is 23.6 Å². The van der Waals surface area contributed by atoms with Crippen LogP contribution < -0.4 is 0 Å². The molecular formula is C11H12N4O2S2. The molecule has 0 saturated carbocycles. The van der Waals surface area contributed by atoms with Crippen molar-refractivity contribution in [2.45, 2.75) is 13.0 Å². The van der Waals surface area contributed by atoms with E-state index < -0.39 is 5.97 Å². The fourth-order valence-corrected chi connectivity index (χ4v) is 4.16. The fraction of sp³-hybridized carbons (Fsp3) is 0.455. The summed E-state index contributed by atoms with van der Waals surface area (Å²) in [6, 6.07) is 1.98. The Morgan fingerprint density at radius 2 is 2.32 bits per heavy atom. The van der Waals surface area contributed by atoms with Gasteiger partial charge in [0, 0.05) is 0 Å². The molecule has 1 fully saturated rings. The Bertz CT molecular complexity index is 539. The van der Waals surface area contributed by atoms with Crippen LogP contribution in [0, 0.1) is 11.3 Å². The van der Waals surface area contributed by atoms with Crippen molar-refractivity contribution in [1.29, 1.82) is 5.26 Å². The first kappa shape index (κ1) is 14.0. The highest BCUT2D eigenvalue weighted by Crippen LogP contribution is 2.40. The molecule has 0 bridgehead atoms. The van der Waals surface area contributed by atoms with Crippen molar-refractivity contribution in [3.63, 3.8) is 0 Å². The Morgan fingerprint density at radius 3 is 2.95 bits per heavy atom. The summed E-state index contributed by atoms with van der Waals surface area (Å²) >= 11 is 3.26. The normalized spacial score (nSPS) is 14.8. The number of rotatable bonds is 3. The van der Waals surface area contributed by atoms with Crippen LogP contribution in [0.5, 0.6) is 0 Å². The highest BCUT2D eigenvalue weighted by Gasteiger charge is 2.23. The number of thioether (sulfide) groups is 2. The van der Waals surface area contributed by atoms with Gasteiger partial charge < -0.3 is 4.74 Å². The van der Waals surface area contributed by atoms with Crippen LogP contribution in [-0.2, 0) is 16.1 Å². The molecule has 1 aromatic heterocycles. The topological polar surface area (TPSA) is 80.8 Å². The molecule has 0 aromatic carbocycles. The van der Waals surface area contributed by atoms with Crippen molar-refractivity contribution >= 4 is 35.1 Å². The Hall–Kier alpha value is -1.46. The van der Waals surface area contributed by atoms with E-state index in [1.807, 2.05) is 6.07 Å². The first-order valence-corrected chi connectivity index (χ1v) is 7.59. The number of methoxy groups -OCH3 is 1. The molecule has 0 N–H and O–H groups in total. The van der Waals surface area contributed by atoms with Gasteiger partial charge in [-0.05, 0) is 17.9 Å². The smallest absolute Gasteiger partial charge is 0.341 e. The average molecular weight is 296 g/mol. The zero-order valence-corrected chi connectivity index (χ0v) is 12.0. The second-order valence-corrected chi connectivity index (χ2v) is 6.13. The molecular weight excluding hydrogens is 284 g/mol. The number of esters is 1. The van der Waals surface area contributed by atoms with E-state index >= 15 is 0 Å². The van der Waals surface area contributed by atoms with E-state index in [4.69, 9.17) is 10.00 Å². The fourth-order valence-electron chi connectivity index (χ4n) is 1.53. The van der Waals surface area contributed by atoms with E-state index in [9.17, 15) is 4.79 Å². The molecule has 1 aliphatic rings. The number of nitrogens with zero attached hydrogens (tertiary/aromatic N) is 4. The molecule has 0 unspecified atom stereocenters. The lowest BCUT2D eigenvalue weighted by molar-refractivity contribution is -0.133. The molecule has 1 saturated heterocycles. The van der Waals surface area contributed by atoms with Gasteiger partial charge in [0.2, 0.25) is 0 Å². The maximum absolute atomic E-state index is 11.9. The summed E-state index contributed by atoms with van der Waals surface area (Å²) in [6.07, 6.45) is 2.71. The molecule has 2 rings (SSSR count). The summed E-state index contributed by atoms with van der Waals surface area (Å²) in [5.74, 6) is 1.55. The molecule has 0 spiro atoms. The molecule has 19 heavy (non-hydrogen) atoms. The second-order valence-electron chi connectivity index (χ2n) is 3.66. The van der Waals surface area contributed by atoms with Gasteiger partial charge in [-0.3, -0.25) is 0 Å². The third-order valence-electron chi connectivity index (χ3n) is 2.38. The van der Waals surface area contributed by atoms with E-state index in [-0.39, 0.29) is 6.54 Å². The standard InChI is InChI=1S/C11H12N4O2S2/c1-17-10(16)9(11-18-5-2-6-19-11)8-7-15(4-3-12)14-13-8/h7H,2,4-6H2,1H3. The number of aromatic nitrogens is 3. The Balaban J connectivity index is 2.36. The Kier molecular flexibility index (Phi) is 4.87. The van der Waals surface area contributed by atoms with E-state index in [1.165, 1.54) is 11.8 Å². The van der Waals surface area contributed by atoms with Gasteiger partial charge in [-0.15, -0.1) is 28.6 Å².